The molecule has 0 aliphatic carbocycles. The van der Waals surface area contributed by atoms with Gasteiger partial charge in [0.1, 0.15) is 0 Å². The molecule has 1 N–H and O–H groups in total. The molecular formula is C8H15N. The van der Waals surface area contributed by atoms with E-state index >= 15 is 0 Å². The molecule has 0 fully saturated rings. The molecule has 0 aliphatic rings. The molecule has 0 radical (unpaired) electrons. The van der Waals surface area contributed by atoms with Crippen LogP contribution in [0.1, 0.15) is 27.7 Å². The molecule has 0 unspecified atom stereocenters. The van der Waals surface area contributed by atoms with Gasteiger partial charge < -0.3 is 5.41 Å². The van der Waals surface area contributed by atoms with Gasteiger partial charge in [-0.15, -0.1) is 0 Å². The van der Waals surface area contributed by atoms with Crippen LogP contribution in [0.5, 0.6) is 0 Å². The van der Waals surface area contributed by atoms with Crippen molar-refractivity contribution < 1.29 is 0 Å². The highest BCUT2D eigenvalue weighted by Crippen LogP contribution is 2.06. The third-order valence-corrected chi connectivity index (χ3v) is 1.35. The van der Waals surface area contributed by atoms with Crippen LogP contribution in [-0.2, 0) is 0 Å². The van der Waals surface area contributed by atoms with Crippen LogP contribution < -0.4 is 0 Å². The number of hydrogen-bond acceptors (Lipinski definition) is 1. The fraction of sp³-hybridized carbons (Fsp3) is 0.625. The maximum absolute atomic E-state index is 7.14. The molecule has 0 saturated carbocycles. The Labute approximate surface area is 57.3 Å². The molecule has 0 rings (SSSR count). The molecule has 0 aromatic heterocycles. The van der Waals surface area contributed by atoms with Crippen LogP contribution in [0, 0.1) is 11.3 Å². The number of nitrogens with one attached hydrogen (secondary N) is 1. The zero-order valence-corrected chi connectivity index (χ0v) is 6.65. The van der Waals surface area contributed by atoms with Gasteiger partial charge in [0.25, 0.3) is 0 Å². The Morgan fingerprint density at radius 3 is 1.89 bits per heavy atom. The van der Waals surface area contributed by atoms with Gasteiger partial charge in [0.2, 0.25) is 0 Å². The summed E-state index contributed by atoms with van der Waals surface area (Å²) in [6.45, 7) is 8.12. The smallest absolute Gasteiger partial charge is 0.0282 e. The largest absolute Gasteiger partial charge is 0.306 e. The summed E-state index contributed by atoms with van der Waals surface area (Å²) in [5, 5.41) is 7.14. The molecule has 0 spiro atoms. The van der Waals surface area contributed by atoms with Crippen molar-refractivity contribution in [1.82, 2.24) is 0 Å². The van der Waals surface area contributed by atoms with Crippen molar-refractivity contribution >= 4 is 5.71 Å². The number of rotatable bonds is 2. The lowest BCUT2D eigenvalue weighted by Crippen LogP contribution is -1.91. The molecule has 0 saturated heterocycles. The van der Waals surface area contributed by atoms with Gasteiger partial charge in [-0.2, -0.15) is 0 Å². The van der Waals surface area contributed by atoms with Crippen molar-refractivity contribution in [2.24, 2.45) is 5.92 Å². The summed E-state index contributed by atoms with van der Waals surface area (Å²) in [4.78, 5) is 0. The molecular weight excluding hydrogens is 110 g/mol. The van der Waals surface area contributed by atoms with E-state index in [9.17, 15) is 0 Å². The van der Waals surface area contributed by atoms with Gasteiger partial charge in [0.05, 0.1) is 0 Å². The van der Waals surface area contributed by atoms with Gasteiger partial charge in [-0.25, -0.2) is 0 Å². The van der Waals surface area contributed by atoms with Crippen molar-refractivity contribution in [3.63, 3.8) is 0 Å². The van der Waals surface area contributed by atoms with E-state index in [2.05, 4.69) is 20.8 Å². The molecule has 0 bridgehead atoms. The molecule has 0 heterocycles. The molecule has 1 heteroatoms. The second-order valence-corrected chi connectivity index (χ2v) is 2.73. The third-order valence-electron chi connectivity index (χ3n) is 1.35. The van der Waals surface area contributed by atoms with E-state index in [-0.39, 0.29) is 0 Å². The van der Waals surface area contributed by atoms with Crippen LogP contribution in [0.2, 0.25) is 0 Å². The van der Waals surface area contributed by atoms with Gasteiger partial charge in [0, 0.05) is 5.71 Å². The monoisotopic (exact) mass is 125 g/mol. The highest BCUT2D eigenvalue weighted by atomic mass is 14.4. The van der Waals surface area contributed by atoms with Gasteiger partial charge in [-0.1, -0.05) is 19.4 Å². The first-order valence-corrected chi connectivity index (χ1v) is 3.27. The van der Waals surface area contributed by atoms with Crippen molar-refractivity contribution in [2.45, 2.75) is 27.7 Å². The van der Waals surface area contributed by atoms with E-state index < -0.39 is 0 Å². The van der Waals surface area contributed by atoms with Crippen LogP contribution in [0.4, 0.5) is 0 Å². The molecule has 52 valence electrons. The van der Waals surface area contributed by atoms with Crippen molar-refractivity contribution in [1.29, 1.82) is 5.41 Å². The molecule has 0 aromatic rings. The molecule has 0 amide bonds. The lowest BCUT2D eigenvalue weighted by Gasteiger charge is -2.02. The first kappa shape index (κ1) is 8.41. The van der Waals surface area contributed by atoms with E-state index in [4.69, 9.17) is 5.41 Å². The molecule has 0 aromatic carbocycles. The predicted octanol–water partition coefficient (Wildman–Crippen LogP) is 2.63. The van der Waals surface area contributed by atoms with Crippen LogP contribution in [0.25, 0.3) is 0 Å². The Hall–Kier alpha value is -0.590. The van der Waals surface area contributed by atoms with Gasteiger partial charge in [-0.05, 0) is 25.8 Å². The Morgan fingerprint density at radius 1 is 1.33 bits per heavy atom. The topological polar surface area (TPSA) is 23.9 Å². The fourth-order valence-electron chi connectivity index (χ4n) is 0.508. The predicted molar refractivity (Wildman–Crippen MR) is 42.0 cm³/mol. The molecule has 0 aliphatic heterocycles. The zero-order chi connectivity index (χ0) is 7.44. The van der Waals surface area contributed by atoms with E-state index in [0.29, 0.717) is 11.6 Å². The summed E-state index contributed by atoms with van der Waals surface area (Å²) in [5.74, 6) is 0.574. The summed E-state index contributed by atoms with van der Waals surface area (Å²) in [6, 6.07) is 0. The van der Waals surface area contributed by atoms with Crippen molar-refractivity contribution in [3.05, 3.63) is 11.6 Å². The Kier molecular flexibility index (Phi) is 3.21. The van der Waals surface area contributed by atoms with Crippen LogP contribution in [0.3, 0.4) is 0 Å². The van der Waals surface area contributed by atoms with Gasteiger partial charge >= 0.3 is 0 Å². The van der Waals surface area contributed by atoms with Crippen LogP contribution in [-0.4, -0.2) is 5.71 Å². The summed E-state index contributed by atoms with van der Waals surface area (Å²) < 4.78 is 0. The second kappa shape index (κ2) is 3.44. The summed E-state index contributed by atoms with van der Waals surface area (Å²) in [7, 11) is 0. The summed E-state index contributed by atoms with van der Waals surface area (Å²) in [6.07, 6.45) is 1.91. The normalized spacial score (nSPS) is 12.3. The van der Waals surface area contributed by atoms with E-state index in [1.165, 1.54) is 5.57 Å². The molecule has 9 heavy (non-hydrogen) atoms. The average Bonchev–Trinajstić information content (AvgIpc) is 1.63. The van der Waals surface area contributed by atoms with Crippen molar-refractivity contribution in [2.75, 3.05) is 0 Å². The van der Waals surface area contributed by atoms with E-state index in [1.54, 1.807) is 6.92 Å². The summed E-state index contributed by atoms with van der Waals surface area (Å²) in [5.41, 5.74) is 1.92. The van der Waals surface area contributed by atoms with E-state index in [1.807, 2.05) is 6.08 Å². The molecule has 0 atom stereocenters. The second-order valence-electron chi connectivity index (χ2n) is 2.73. The minimum atomic E-state index is 0.574. The molecule has 1 nitrogen and oxygen atoms in total. The van der Waals surface area contributed by atoms with E-state index in [0.717, 1.165) is 0 Å². The quantitative estimate of drug-likeness (QED) is 0.548. The van der Waals surface area contributed by atoms with Crippen LogP contribution >= 0.6 is 0 Å². The Balaban J connectivity index is 4.00. The van der Waals surface area contributed by atoms with Crippen LogP contribution in [0.15, 0.2) is 11.6 Å². The SMILES string of the molecule is CC(=N)/C=C(/C)C(C)C. The van der Waals surface area contributed by atoms with Crippen molar-refractivity contribution in [3.8, 4) is 0 Å². The lowest BCUT2D eigenvalue weighted by atomic mass is 10.0. The highest BCUT2D eigenvalue weighted by molar-refractivity contribution is 5.90. The first-order valence-electron chi connectivity index (χ1n) is 3.27. The average molecular weight is 125 g/mol. The summed E-state index contributed by atoms with van der Waals surface area (Å²) >= 11 is 0. The Bertz CT molecular complexity index is 132. The zero-order valence-electron chi connectivity index (χ0n) is 6.65. The third kappa shape index (κ3) is 3.95. The minimum Gasteiger partial charge on any atom is -0.306 e. The maximum atomic E-state index is 7.14. The number of allylic oxidation sites excluding steroid dienone is 2. The van der Waals surface area contributed by atoms with Gasteiger partial charge in [0.15, 0.2) is 0 Å². The van der Waals surface area contributed by atoms with Gasteiger partial charge in [-0.3, -0.25) is 0 Å². The fourth-order valence-corrected chi connectivity index (χ4v) is 0.508. The Morgan fingerprint density at radius 2 is 1.78 bits per heavy atom. The first-order chi connectivity index (χ1) is 4.04. The number of hydrogen-bond donors (Lipinski definition) is 1. The maximum Gasteiger partial charge on any atom is 0.0282 e. The highest BCUT2D eigenvalue weighted by Gasteiger charge is 1.94. The lowest BCUT2D eigenvalue weighted by molar-refractivity contribution is 0.770. The standard InChI is InChI=1S/C8H15N/c1-6(2)7(3)5-8(4)9/h5-6,9H,1-4H3/b7-5-,9-8?. The minimum absolute atomic E-state index is 0.574.